The maximum atomic E-state index is 10.0. The molecule has 3 rings (SSSR count). The fraction of sp³-hybridized carbons (Fsp3) is 1.00. The van der Waals surface area contributed by atoms with E-state index in [0.29, 0.717) is 6.10 Å². The summed E-state index contributed by atoms with van der Waals surface area (Å²) in [6, 6.07) is 0. The highest BCUT2D eigenvalue weighted by molar-refractivity contribution is 5.05. The van der Waals surface area contributed by atoms with Crippen LogP contribution >= 0.6 is 0 Å². The minimum atomic E-state index is -0.0706. The Morgan fingerprint density at radius 2 is 1.88 bits per heavy atom. The van der Waals surface area contributed by atoms with Gasteiger partial charge in [0.15, 0.2) is 0 Å². The molecule has 1 spiro atoms. The molecule has 16 heavy (non-hydrogen) atoms. The fourth-order valence-electron chi connectivity index (χ4n) is 3.61. The summed E-state index contributed by atoms with van der Waals surface area (Å²) in [5, 5.41) is 10.0. The molecule has 3 aliphatic carbocycles. The number of hydrogen-bond acceptors (Lipinski definition) is 2. The minimum Gasteiger partial charge on any atom is -0.392 e. The summed E-state index contributed by atoms with van der Waals surface area (Å²) in [4.78, 5) is 0. The largest absolute Gasteiger partial charge is 0.392 e. The van der Waals surface area contributed by atoms with Gasteiger partial charge in [0, 0.05) is 18.4 Å². The van der Waals surface area contributed by atoms with Crippen molar-refractivity contribution in [3.8, 4) is 0 Å². The maximum Gasteiger partial charge on any atom is 0.0680 e. The van der Waals surface area contributed by atoms with Crippen molar-refractivity contribution in [3.05, 3.63) is 0 Å². The van der Waals surface area contributed by atoms with Gasteiger partial charge in [0.1, 0.15) is 0 Å². The lowest BCUT2D eigenvalue weighted by Crippen LogP contribution is -2.59. The molecule has 3 aliphatic rings. The van der Waals surface area contributed by atoms with E-state index in [1.165, 1.54) is 51.4 Å². The Morgan fingerprint density at radius 3 is 2.50 bits per heavy atom. The van der Waals surface area contributed by atoms with Crippen molar-refractivity contribution in [1.82, 2.24) is 0 Å². The number of ether oxygens (including phenoxy) is 1. The topological polar surface area (TPSA) is 29.5 Å². The van der Waals surface area contributed by atoms with E-state index in [9.17, 15) is 5.11 Å². The van der Waals surface area contributed by atoms with Gasteiger partial charge in [-0.1, -0.05) is 32.1 Å². The first-order chi connectivity index (χ1) is 7.81. The first-order valence-corrected chi connectivity index (χ1v) is 7.11. The molecule has 0 aliphatic heterocycles. The second-order valence-corrected chi connectivity index (χ2v) is 6.14. The average molecular weight is 224 g/mol. The van der Waals surface area contributed by atoms with E-state index in [4.69, 9.17) is 4.74 Å². The Balaban J connectivity index is 1.49. The van der Waals surface area contributed by atoms with E-state index in [0.717, 1.165) is 18.9 Å². The molecule has 0 radical (unpaired) electrons. The van der Waals surface area contributed by atoms with E-state index in [1.54, 1.807) is 0 Å². The number of rotatable bonds is 4. The second-order valence-electron chi connectivity index (χ2n) is 6.14. The Hall–Kier alpha value is -0.0800. The van der Waals surface area contributed by atoms with Gasteiger partial charge in [-0.3, -0.25) is 0 Å². The van der Waals surface area contributed by atoms with Crippen molar-refractivity contribution in [2.45, 2.75) is 70.0 Å². The van der Waals surface area contributed by atoms with Crippen molar-refractivity contribution in [3.63, 3.8) is 0 Å². The van der Waals surface area contributed by atoms with Crippen LogP contribution in [0, 0.1) is 11.3 Å². The van der Waals surface area contributed by atoms with Gasteiger partial charge in [-0.2, -0.15) is 0 Å². The normalized spacial score (nSPS) is 37.3. The van der Waals surface area contributed by atoms with Crippen LogP contribution in [-0.4, -0.2) is 23.9 Å². The van der Waals surface area contributed by atoms with Crippen molar-refractivity contribution in [2.24, 2.45) is 11.3 Å². The van der Waals surface area contributed by atoms with Crippen molar-refractivity contribution in [1.29, 1.82) is 0 Å². The van der Waals surface area contributed by atoms with Crippen LogP contribution in [0.25, 0.3) is 0 Å². The van der Waals surface area contributed by atoms with Gasteiger partial charge in [0.25, 0.3) is 0 Å². The van der Waals surface area contributed by atoms with Gasteiger partial charge in [0.05, 0.1) is 12.2 Å². The molecule has 0 aromatic heterocycles. The predicted octanol–water partition coefficient (Wildman–Crippen LogP) is 2.89. The molecule has 92 valence electrons. The summed E-state index contributed by atoms with van der Waals surface area (Å²) >= 11 is 0. The lowest BCUT2D eigenvalue weighted by molar-refractivity contribution is -0.206. The van der Waals surface area contributed by atoms with Crippen molar-refractivity contribution in [2.75, 3.05) is 6.61 Å². The molecule has 1 N–H and O–H groups in total. The zero-order valence-corrected chi connectivity index (χ0v) is 10.2. The third kappa shape index (κ3) is 1.91. The fourth-order valence-corrected chi connectivity index (χ4v) is 3.61. The van der Waals surface area contributed by atoms with Crippen LogP contribution in [0.15, 0.2) is 0 Å². The van der Waals surface area contributed by atoms with Gasteiger partial charge in [-0.15, -0.1) is 0 Å². The first kappa shape index (κ1) is 11.0. The van der Waals surface area contributed by atoms with E-state index in [1.807, 2.05) is 0 Å². The highest BCUT2D eigenvalue weighted by Gasteiger charge is 2.55. The summed E-state index contributed by atoms with van der Waals surface area (Å²) in [6.45, 7) is 0.934. The molecule has 0 bridgehead atoms. The van der Waals surface area contributed by atoms with Crippen molar-refractivity contribution >= 4 is 0 Å². The third-order valence-corrected chi connectivity index (χ3v) is 5.07. The summed E-state index contributed by atoms with van der Waals surface area (Å²) < 4.78 is 6.03. The molecular formula is C14H24O2. The number of aliphatic hydroxyl groups excluding tert-OH is 1. The van der Waals surface area contributed by atoms with Gasteiger partial charge >= 0.3 is 0 Å². The van der Waals surface area contributed by atoms with Crippen LogP contribution in [0.2, 0.25) is 0 Å². The molecular weight excluding hydrogens is 200 g/mol. The lowest BCUT2D eigenvalue weighted by atomic mass is 9.56. The van der Waals surface area contributed by atoms with Crippen LogP contribution in [-0.2, 0) is 4.74 Å². The third-order valence-electron chi connectivity index (χ3n) is 5.07. The summed E-state index contributed by atoms with van der Waals surface area (Å²) in [7, 11) is 0. The molecule has 0 saturated heterocycles. The second kappa shape index (κ2) is 4.30. The highest BCUT2D eigenvalue weighted by Crippen LogP contribution is 2.53. The molecule has 2 unspecified atom stereocenters. The van der Waals surface area contributed by atoms with Gasteiger partial charge < -0.3 is 9.84 Å². The maximum absolute atomic E-state index is 10.0. The molecule has 2 heteroatoms. The quantitative estimate of drug-likeness (QED) is 0.795. The monoisotopic (exact) mass is 224 g/mol. The van der Waals surface area contributed by atoms with E-state index >= 15 is 0 Å². The van der Waals surface area contributed by atoms with E-state index < -0.39 is 0 Å². The molecule has 0 aromatic rings. The Labute approximate surface area is 98.4 Å². The lowest BCUT2D eigenvalue weighted by Gasteiger charge is -2.55. The minimum absolute atomic E-state index is 0.0706. The smallest absolute Gasteiger partial charge is 0.0680 e. The summed E-state index contributed by atoms with van der Waals surface area (Å²) in [5.41, 5.74) is 0.168. The highest BCUT2D eigenvalue weighted by atomic mass is 16.5. The standard InChI is InChI=1S/C14H24O2/c15-12-10-13(16-9-6-11-4-5-11)14(12)7-2-1-3-8-14/h11-13,15H,1-10H2. The van der Waals surface area contributed by atoms with Crippen LogP contribution in [0.5, 0.6) is 0 Å². The molecule has 0 amide bonds. The number of aliphatic hydroxyl groups is 1. The molecule has 0 aromatic carbocycles. The summed E-state index contributed by atoms with van der Waals surface area (Å²) in [6.07, 6.45) is 11.6. The van der Waals surface area contributed by atoms with Gasteiger partial charge in [-0.25, -0.2) is 0 Å². The van der Waals surface area contributed by atoms with E-state index in [2.05, 4.69) is 0 Å². The van der Waals surface area contributed by atoms with Crippen molar-refractivity contribution < 1.29 is 9.84 Å². The molecule has 3 fully saturated rings. The molecule has 2 atom stereocenters. The Bertz CT molecular complexity index is 241. The van der Waals surface area contributed by atoms with Crippen LogP contribution in [0.3, 0.4) is 0 Å². The average Bonchev–Trinajstić information content (AvgIpc) is 3.13. The SMILES string of the molecule is OC1CC(OCCC2CC2)C12CCCCC2. The zero-order chi connectivity index (χ0) is 11.0. The molecule has 2 nitrogen and oxygen atoms in total. The van der Waals surface area contributed by atoms with E-state index in [-0.39, 0.29) is 11.5 Å². The first-order valence-electron chi connectivity index (χ1n) is 7.11. The van der Waals surface area contributed by atoms with Gasteiger partial charge in [0.2, 0.25) is 0 Å². The zero-order valence-electron chi connectivity index (χ0n) is 10.2. The molecule has 3 saturated carbocycles. The molecule has 0 heterocycles. The summed E-state index contributed by atoms with van der Waals surface area (Å²) in [5.74, 6) is 0.965. The Kier molecular flexibility index (Phi) is 2.97. The van der Waals surface area contributed by atoms with Crippen LogP contribution in [0.1, 0.15) is 57.8 Å². The Morgan fingerprint density at radius 1 is 1.12 bits per heavy atom. The number of hydrogen-bond donors (Lipinski definition) is 1. The van der Waals surface area contributed by atoms with Crippen LogP contribution < -0.4 is 0 Å². The van der Waals surface area contributed by atoms with Gasteiger partial charge in [-0.05, 0) is 25.2 Å². The predicted molar refractivity (Wildman–Crippen MR) is 63.2 cm³/mol. The van der Waals surface area contributed by atoms with Crippen LogP contribution in [0.4, 0.5) is 0 Å².